The molecule has 1 amide bonds. The van der Waals surface area contributed by atoms with Crippen LogP contribution in [0.4, 0.5) is 11.4 Å². The van der Waals surface area contributed by atoms with Gasteiger partial charge >= 0.3 is 0 Å². The summed E-state index contributed by atoms with van der Waals surface area (Å²) in [6.45, 7) is 5.23. The highest BCUT2D eigenvalue weighted by Crippen LogP contribution is 2.40. The number of rotatable bonds is 3. The Bertz CT molecular complexity index is 1420. The Hall–Kier alpha value is -3.28. The van der Waals surface area contributed by atoms with Crippen molar-refractivity contribution in [2.75, 3.05) is 43.1 Å². The lowest BCUT2D eigenvalue weighted by atomic mass is 10.1. The van der Waals surface area contributed by atoms with Gasteiger partial charge in [-0.3, -0.25) is 4.79 Å². The largest absolute Gasteiger partial charge is 0.417 e. The topological polar surface area (TPSA) is 114 Å². The number of halogens is 1. The number of amides is 1. The number of benzene rings is 1. The van der Waals surface area contributed by atoms with Crippen LogP contribution in [0, 0.1) is 0 Å². The zero-order valence-electron chi connectivity index (χ0n) is 18.2. The number of carbonyl (C=O) groups excluding carboxylic acids is 1. The minimum Gasteiger partial charge on any atom is -0.417 e. The summed E-state index contributed by atoms with van der Waals surface area (Å²) < 4.78 is 12.4. The third-order valence-electron chi connectivity index (χ3n) is 5.77. The fraction of sp³-hybridized carbons (Fsp3) is 0.318. The molecule has 0 bridgehead atoms. The van der Waals surface area contributed by atoms with Crippen molar-refractivity contribution in [1.29, 1.82) is 0 Å². The lowest BCUT2D eigenvalue weighted by Gasteiger charge is -2.29. The molecule has 0 radical (unpaired) electrons. The van der Waals surface area contributed by atoms with Crippen LogP contribution in [0.15, 0.2) is 24.5 Å². The first kappa shape index (κ1) is 21.3. The number of hydrogen-bond donors (Lipinski definition) is 2. The molecule has 3 aromatic heterocycles. The maximum absolute atomic E-state index is 12.6. The Morgan fingerprint density at radius 1 is 1.21 bits per heavy atom. The molecule has 34 heavy (non-hydrogen) atoms. The smallest absolute Gasteiger partial charge is 0.263 e. The van der Waals surface area contributed by atoms with Crippen LogP contribution in [-0.2, 0) is 4.74 Å². The van der Waals surface area contributed by atoms with Gasteiger partial charge in [-0.25, -0.2) is 15.0 Å². The van der Waals surface area contributed by atoms with Gasteiger partial charge in [0.2, 0.25) is 17.0 Å². The molecule has 0 aliphatic carbocycles. The molecule has 2 aliphatic rings. The molecular formula is C22H20ClN7O3S. The van der Waals surface area contributed by atoms with Crippen LogP contribution in [0.1, 0.15) is 16.6 Å². The lowest BCUT2D eigenvalue weighted by Crippen LogP contribution is -2.36. The summed E-state index contributed by atoms with van der Waals surface area (Å²) in [5, 5.41) is 7.38. The van der Waals surface area contributed by atoms with E-state index in [-0.39, 0.29) is 23.1 Å². The van der Waals surface area contributed by atoms with E-state index in [4.69, 9.17) is 21.1 Å². The van der Waals surface area contributed by atoms with Gasteiger partial charge in [-0.1, -0.05) is 0 Å². The van der Waals surface area contributed by atoms with Crippen LogP contribution in [0.5, 0.6) is 11.8 Å². The van der Waals surface area contributed by atoms with Gasteiger partial charge in [0.25, 0.3) is 5.91 Å². The predicted molar refractivity (Wildman–Crippen MR) is 130 cm³/mol. The number of fused-ring (bicyclic) bond motifs is 5. The molecule has 1 saturated heterocycles. The molecule has 1 fully saturated rings. The van der Waals surface area contributed by atoms with Gasteiger partial charge in [-0.2, -0.15) is 4.98 Å². The number of anilines is 2. The normalized spacial score (nSPS) is 18.4. The molecule has 10 nitrogen and oxygen atoms in total. The third-order valence-corrected chi connectivity index (χ3v) is 7.11. The van der Waals surface area contributed by atoms with E-state index in [9.17, 15) is 4.79 Å². The average Bonchev–Trinajstić information content (AvgIpc) is 3.16. The van der Waals surface area contributed by atoms with E-state index >= 15 is 0 Å². The molecule has 0 unspecified atom stereocenters. The monoisotopic (exact) mass is 497 g/mol. The van der Waals surface area contributed by atoms with Crippen molar-refractivity contribution >= 4 is 61.3 Å². The van der Waals surface area contributed by atoms with Crippen LogP contribution < -0.4 is 20.3 Å². The van der Waals surface area contributed by atoms with E-state index in [0.717, 1.165) is 21.5 Å². The van der Waals surface area contributed by atoms with Crippen molar-refractivity contribution < 1.29 is 14.3 Å². The molecule has 4 aromatic rings. The van der Waals surface area contributed by atoms with E-state index in [1.54, 1.807) is 12.4 Å². The van der Waals surface area contributed by atoms with E-state index in [1.807, 2.05) is 19.1 Å². The van der Waals surface area contributed by atoms with Crippen molar-refractivity contribution in [3.8, 4) is 11.8 Å². The first-order valence-electron chi connectivity index (χ1n) is 10.9. The van der Waals surface area contributed by atoms with Crippen LogP contribution in [0.3, 0.4) is 0 Å². The fourth-order valence-corrected chi connectivity index (χ4v) is 5.37. The summed E-state index contributed by atoms with van der Waals surface area (Å²) in [7, 11) is 0. The summed E-state index contributed by atoms with van der Waals surface area (Å²) in [4.78, 5) is 33.1. The van der Waals surface area contributed by atoms with Crippen molar-refractivity contribution in [2.45, 2.75) is 13.0 Å². The van der Waals surface area contributed by atoms with Gasteiger partial charge in [0.1, 0.15) is 10.6 Å². The van der Waals surface area contributed by atoms with E-state index < -0.39 is 0 Å². The van der Waals surface area contributed by atoms with Gasteiger partial charge < -0.3 is 25.0 Å². The Labute approximate surface area is 203 Å². The highest BCUT2D eigenvalue weighted by Gasteiger charge is 2.25. The Kier molecular flexibility index (Phi) is 5.31. The predicted octanol–water partition coefficient (Wildman–Crippen LogP) is 3.46. The van der Waals surface area contributed by atoms with Gasteiger partial charge in [0.05, 0.1) is 42.3 Å². The summed E-state index contributed by atoms with van der Waals surface area (Å²) in [6, 6.07) is 3.86. The first-order valence-corrected chi connectivity index (χ1v) is 12.1. The van der Waals surface area contributed by atoms with Crippen molar-refractivity contribution in [3.63, 3.8) is 0 Å². The maximum atomic E-state index is 12.6. The average molecular weight is 498 g/mol. The number of ether oxygens (including phenoxy) is 2. The molecule has 6 rings (SSSR count). The number of nitrogens with zero attached hydrogens (tertiary/aromatic N) is 5. The van der Waals surface area contributed by atoms with Gasteiger partial charge in [0, 0.05) is 35.8 Å². The highest BCUT2D eigenvalue weighted by molar-refractivity contribution is 7.21. The molecule has 0 spiro atoms. The first-order chi connectivity index (χ1) is 16.6. The number of thiophene rings is 1. The second kappa shape index (κ2) is 8.49. The zero-order valence-corrected chi connectivity index (χ0v) is 19.7. The molecule has 5 heterocycles. The summed E-state index contributed by atoms with van der Waals surface area (Å²) in [6.07, 6.45) is 3.21. The van der Waals surface area contributed by atoms with Crippen molar-refractivity contribution in [2.24, 2.45) is 0 Å². The van der Waals surface area contributed by atoms with Gasteiger partial charge in [0.15, 0.2) is 0 Å². The third kappa shape index (κ3) is 3.75. The minimum absolute atomic E-state index is 0.0311. The zero-order chi connectivity index (χ0) is 23.2. The molecule has 174 valence electrons. The van der Waals surface area contributed by atoms with E-state index in [2.05, 4.69) is 35.5 Å². The second-order valence-corrected chi connectivity index (χ2v) is 9.50. The number of hydrogen-bond acceptors (Lipinski definition) is 10. The van der Waals surface area contributed by atoms with Crippen LogP contribution in [0.2, 0.25) is 5.28 Å². The summed E-state index contributed by atoms with van der Waals surface area (Å²) >= 11 is 7.50. The molecule has 2 N–H and O–H groups in total. The van der Waals surface area contributed by atoms with E-state index in [0.29, 0.717) is 54.6 Å². The standard InChI is InChI=1S/C22H20ClN7O3S/c1-11-8-24-18-16-14(34-19(18)20(31)27-11)3-2-12-17(16)25-10-15(28-12)33-21-13(9-26-22(23)29-21)30-4-6-32-7-5-30/h2-3,9-11,24H,4-8H2,1H3,(H,27,31)/t11-/m1/s1. The van der Waals surface area contributed by atoms with Gasteiger partial charge in [-0.15, -0.1) is 11.3 Å². The molecule has 2 aliphatic heterocycles. The summed E-state index contributed by atoms with van der Waals surface area (Å²) in [5.74, 6) is 0.524. The molecular weight excluding hydrogens is 478 g/mol. The van der Waals surface area contributed by atoms with Crippen molar-refractivity contribution in [1.82, 2.24) is 25.3 Å². The Morgan fingerprint density at radius 3 is 2.91 bits per heavy atom. The second-order valence-electron chi connectivity index (χ2n) is 8.11. The highest BCUT2D eigenvalue weighted by atomic mass is 35.5. The maximum Gasteiger partial charge on any atom is 0.263 e. The molecule has 1 aromatic carbocycles. The molecule has 0 saturated carbocycles. The van der Waals surface area contributed by atoms with Crippen molar-refractivity contribution in [3.05, 3.63) is 34.7 Å². The SMILES string of the molecule is C[C@@H]1CNc2c(sc3ccc4nc(Oc5nc(Cl)ncc5N5CCOCC5)cnc4c23)C(=O)N1. The molecule has 1 atom stereocenters. The van der Waals surface area contributed by atoms with Crippen LogP contribution in [0.25, 0.3) is 21.1 Å². The minimum atomic E-state index is -0.0777. The number of morpholine rings is 1. The molecule has 12 heteroatoms. The Balaban J connectivity index is 1.40. The Morgan fingerprint density at radius 2 is 2.06 bits per heavy atom. The van der Waals surface area contributed by atoms with Gasteiger partial charge in [-0.05, 0) is 30.7 Å². The summed E-state index contributed by atoms with van der Waals surface area (Å²) in [5.41, 5.74) is 2.87. The number of carbonyl (C=O) groups is 1. The van der Waals surface area contributed by atoms with Crippen LogP contribution in [-0.4, -0.2) is 64.7 Å². The quantitative estimate of drug-likeness (QED) is 0.410. The fourth-order valence-electron chi connectivity index (χ4n) is 4.16. The lowest BCUT2D eigenvalue weighted by molar-refractivity contribution is 0.0949. The van der Waals surface area contributed by atoms with E-state index in [1.165, 1.54) is 11.3 Å². The van der Waals surface area contributed by atoms with Crippen LogP contribution >= 0.6 is 22.9 Å². The number of aromatic nitrogens is 4. The number of nitrogens with one attached hydrogen (secondary N) is 2.